The van der Waals surface area contributed by atoms with Crippen LogP contribution in [0.5, 0.6) is 0 Å². The third-order valence-corrected chi connectivity index (χ3v) is 6.66. The minimum atomic E-state index is -0.445. The van der Waals surface area contributed by atoms with Crippen LogP contribution in [0, 0.1) is 11.6 Å². The van der Waals surface area contributed by atoms with E-state index >= 15 is 0 Å². The quantitative estimate of drug-likeness (QED) is 0.508. The summed E-state index contributed by atoms with van der Waals surface area (Å²) < 4.78 is 29.9. The number of aromatic nitrogens is 6. The molecule has 6 rings (SSSR count). The molecule has 1 aromatic carbocycles. The molecule has 1 saturated heterocycles. The number of halogens is 2. The highest BCUT2D eigenvalue weighted by atomic mass is 19.1. The van der Waals surface area contributed by atoms with Crippen molar-refractivity contribution in [2.45, 2.75) is 43.7 Å². The first-order valence-corrected chi connectivity index (χ1v) is 10.8. The molecule has 1 saturated carbocycles. The minimum Gasteiger partial charge on any atom is -0.349 e. The Labute approximate surface area is 182 Å². The predicted molar refractivity (Wildman–Crippen MR) is 114 cm³/mol. The predicted octanol–water partition coefficient (Wildman–Crippen LogP) is 3.47. The van der Waals surface area contributed by atoms with E-state index in [9.17, 15) is 8.78 Å². The van der Waals surface area contributed by atoms with Gasteiger partial charge in [-0.15, -0.1) is 0 Å². The fraction of sp³-hybridized carbons (Fsp3) is 0.364. The lowest BCUT2D eigenvalue weighted by atomic mass is 9.77. The van der Waals surface area contributed by atoms with Crippen molar-refractivity contribution in [1.29, 1.82) is 0 Å². The van der Waals surface area contributed by atoms with E-state index in [2.05, 4.69) is 20.3 Å². The second kappa shape index (κ2) is 7.06. The van der Waals surface area contributed by atoms with Crippen LogP contribution in [-0.2, 0) is 5.54 Å². The molecule has 2 aliphatic rings. The molecule has 1 aliphatic carbocycles. The summed E-state index contributed by atoms with van der Waals surface area (Å²) in [5.41, 5.74) is 7.56. The first-order chi connectivity index (χ1) is 15.5. The third-order valence-electron chi connectivity index (χ3n) is 6.66. The zero-order valence-corrected chi connectivity index (χ0v) is 17.3. The number of hydrogen-bond donors (Lipinski definition) is 2. The second-order valence-electron chi connectivity index (χ2n) is 8.65. The zero-order chi connectivity index (χ0) is 21.9. The molecule has 3 aromatic heterocycles. The maximum atomic E-state index is 14.5. The summed E-state index contributed by atoms with van der Waals surface area (Å²) in [6.07, 6.45) is 7.92. The van der Waals surface area contributed by atoms with Gasteiger partial charge in [0.15, 0.2) is 11.5 Å². The largest absolute Gasteiger partial charge is 0.349 e. The van der Waals surface area contributed by atoms with Crippen molar-refractivity contribution in [1.82, 2.24) is 29.8 Å². The summed E-state index contributed by atoms with van der Waals surface area (Å²) in [6, 6.07) is 5.16. The first-order valence-electron chi connectivity index (χ1n) is 10.8. The first kappa shape index (κ1) is 19.3. The number of hydrogen-bond acceptors (Lipinski definition) is 6. The molecule has 1 atom stereocenters. The van der Waals surface area contributed by atoms with Crippen LogP contribution in [0.2, 0.25) is 0 Å². The van der Waals surface area contributed by atoms with E-state index in [4.69, 9.17) is 10.7 Å². The normalized spacial score (nSPS) is 20.1. The Morgan fingerprint density at radius 2 is 2.00 bits per heavy atom. The van der Waals surface area contributed by atoms with Gasteiger partial charge in [0.1, 0.15) is 23.3 Å². The Morgan fingerprint density at radius 1 is 1.12 bits per heavy atom. The number of anilines is 1. The molecule has 1 aliphatic heterocycles. The van der Waals surface area contributed by atoms with Gasteiger partial charge in [0.05, 0.1) is 23.3 Å². The van der Waals surface area contributed by atoms with E-state index in [0.717, 1.165) is 38.2 Å². The molecule has 164 valence electrons. The molecule has 3 N–H and O–H groups in total. The molecule has 2 fully saturated rings. The fourth-order valence-electron chi connectivity index (χ4n) is 4.71. The Kier molecular flexibility index (Phi) is 4.26. The molecular formula is C22H22F2N8. The zero-order valence-electron chi connectivity index (χ0n) is 17.3. The number of H-pyrrole nitrogens is 1. The van der Waals surface area contributed by atoms with Crippen LogP contribution in [0.4, 0.5) is 14.6 Å². The lowest BCUT2D eigenvalue weighted by Gasteiger charge is -2.35. The van der Waals surface area contributed by atoms with Gasteiger partial charge >= 0.3 is 0 Å². The van der Waals surface area contributed by atoms with E-state index in [0.29, 0.717) is 40.8 Å². The van der Waals surface area contributed by atoms with Crippen molar-refractivity contribution in [3.05, 3.63) is 59.7 Å². The number of aromatic amines is 1. The minimum absolute atomic E-state index is 0.280. The van der Waals surface area contributed by atoms with E-state index in [1.165, 1.54) is 12.1 Å². The Hall–Kier alpha value is -3.40. The average molecular weight is 436 g/mol. The molecule has 4 heterocycles. The Balaban J connectivity index is 1.38. The van der Waals surface area contributed by atoms with Gasteiger partial charge < -0.3 is 10.6 Å². The summed E-state index contributed by atoms with van der Waals surface area (Å²) in [4.78, 5) is 11.4. The number of nitrogens with one attached hydrogen (secondary N) is 1. The van der Waals surface area contributed by atoms with E-state index < -0.39 is 17.2 Å². The summed E-state index contributed by atoms with van der Waals surface area (Å²) >= 11 is 0. The lowest BCUT2D eigenvalue weighted by molar-refractivity contribution is 0.239. The third kappa shape index (κ3) is 2.97. The highest BCUT2D eigenvalue weighted by Crippen LogP contribution is 2.39. The summed E-state index contributed by atoms with van der Waals surface area (Å²) in [5, 5.41) is 11.7. The maximum Gasteiger partial charge on any atom is 0.186 e. The van der Waals surface area contributed by atoms with E-state index in [1.54, 1.807) is 10.7 Å². The smallest absolute Gasteiger partial charge is 0.186 e. The highest BCUT2D eigenvalue weighted by molar-refractivity contribution is 5.73. The fourth-order valence-corrected chi connectivity index (χ4v) is 4.71. The van der Waals surface area contributed by atoms with Crippen molar-refractivity contribution < 1.29 is 8.78 Å². The molecule has 0 spiro atoms. The van der Waals surface area contributed by atoms with Crippen LogP contribution < -0.4 is 10.6 Å². The van der Waals surface area contributed by atoms with E-state index in [1.807, 2.05) is 17.2 Å². The van der Waals surface area contributed by atoms with Gasteiger partial charge in [-0.05, 0) is 56.4 Å². The average Bonchev–Trinajstić information content (AvgIpc) is 3.52. The lowest BCUT2D eigenvalue weighted by Crippen LogP contribution is -2.44. The number of rotatable bonds is 4. The standard InChI is InChI=1S/C22H22F2N8/c23-13-4-5-16(24)14(11-13)17-3-1-9-31(17)18-6-10-32-20(27-18)15(12-26-32)19-28-21(30-29-19)22(25)7-2-8-22/h4-6,10-12,17H,1-3,7-9,25H2,(H,28,29,30)/t17-/m1/s1. The van der Waals surface area contributed by atoms with Gasteiger partial charge in [-0.3, -0.25) is 5.10 Å². The molecule has 32 heavy (non-hydrogen) atoms. The van der Waals surface area contributed by atoms with Crippen LogP contribution in [0.25, 0.3) is 17.0 Å². The number of benzene rings is 1. The van der Waals surface area contributed by atoms with Crippen molar-refractivity contribution in [3.8, 4) is 11.4 Å². The van der Waals surface area contributed by atoms with Crippen LogP contribution in [-0.4, -0.2) is 36.3 Å². The molecule has 10 heteroatoms. The summed E-state index contributed by atoms with van der Waals surface area (Å²) in [7, 11) is 0. The topological polar surface area (TPSA) is 101 Å². The monoisotopic (exact) mass is 436 g/mol. The second-order valence-corrected chi connectivity index (χ2v) is 8.65. The number of fused-ring (bicyclic) bond motifs is 1. The van der Waals surface area contributed by atoms with Gasteiger partial charge in [0, 0.05) is 18.3 Å². The van der Waals surface area contributed by atoms with Crippen LogP contribution in [0.1, 0.15) is 49.5 Å². The SMILES string of the molecule is NC1(c2nc(-c3cnn4ccc(N5CCC[C@@H]5c5cc(F)ccc5F)nc34)n[nH]2)CCC1. The maximum absolute atomic E-state index is 14.5. The van der Waals surface area contributed by atoms with E-state index in [-0.39, 0.29) is 6.04 Å². The van der Waals surface area contributed by atoms with Crippen molar-refractivity contribution in [3.63, 3.8) is 0 Å². The summed E-state index contributed by atoms with van der Waals surface area (Å²) in [5.74, 6) is 0.991. The Morgan fingerprint density at radius 3 is 2.81 bits per heavy atom. The Bertz CT molecular complexity index is 1310. The molecule has 0 bridgehead atoms. The van der Waals surface area contributed by atoms with Crippen molar-refractivity contribution in [2.24, 2.45) is 5.73 Å². The number of nitrogens with zero attached hydrogens (tertiary/aromatic N) is 6. The molecule has 4 aromatic rings. The summed E-state index contributed by atoms with van der Waals surface area (Å²) in [6.45, 7) is 0.702. The van der Waals surface area contributed by atoms with Crippen LogP contribution in [0.3, 0.4) is 0 Å². The van der Waals surface area contributed by atoms with Gasteiger partial charge in [-0.1, -0.05) is 0 Å². The van der Waals surface area contributed by atoms with Crippen molar-refractivity contribution in [2.75, 3.05) is 11.4 Å². The van der Waals surface area contributed by atoms with Gasteiger partial charge in [0.25, 0.3) is 0 Å². The molecule has 0 radical (unpaired) electrons. The van der Waals surface area contributed by atoms with Gasteiger partial charge in [0.2, 0.25) is 0 Å². The van der Waals surface area contributed by atoms with Crippen LogP contribution >= 0.6 is 0 Å². The molecule has 8 nitrogen and oxygen atoms in total. The van der Waals surface area contributed by atoms with Gasteiger partial charge in [-0.2, -0.15) is 10.2 Å². The van der Waals surface area contributed by atoms with Crippen LogP contribution in [0.15, 0.2) is 36.7 Å². The molecule has 0 amide bonds. The van der Waals surface area contributed by atoms with Gasteiger partial charge in [-0.25, -0.2) is 23.3 Å². The molecular weight excluding hydrogens is 414 g/mol. The highest BCUT2D eigenvalue weighted by Gasteiger charge is 2.38. The molecule has 0 unspecified atom stereocenters. The van der Waals surface area contributed by atoms with Crippen molar-refractivity contribution >= 4 is 11.5 Å². The number of nitrogens with two attached hydrogens (primary N) is 1.